The van der Waals surface area contributed by atoms with E-state index in [9.17, 15) is 12.8 Å². The lowest BCUT2D eigenvalue weighted by Crippen LogP contribution is -2.41. The third-order valence-corrected chi connectivity index (χ3v) is 4.57. The molecule has 0 spiro atoms. The van der Waals surface area contributed by atoms with Gasteiger partial charge in [-0.2, -0.15) is 0 Å². The number of rotatable bonds is 6. The number of hydrogen-bond acceptors (Lipinski definition) is 3. The van der Waals surface area contributed by atoms with E-state index >= 15 is 0 Å². The molecule has 0 heterocycles. The van der Waals surface area contributed by atoms with Gasteiger partial charge in [0.25, 0.3) is 0 Å². The number of sulfonamides is 1. The van der Waals surface area contributed by atoms with Crippen LogP contribution >= 0.6 is 28.3 Å². The fourth-order valence-corrected chi connectivity index (χ4v) is 3.61. The van der Waals surface area contributed by atoms with Crippen molar-refractivity contribution in [2.45, 2.75) is 31.2 Å². The van der Waals surface area contributed by atoms with Crippen molar-refractivity contribution in [2.24, 2.45) is 11.7 Å². The predicted octanol–water partition coefficient (Wildman–Crippen LogP) is 2.66. The van der Waals surface area contributed by atoms with Gasteiger partial charge in [0, 0.05) is 17.1 Å². The molecule has 8 heteroatoms. The van der Waals surface area contributed by atoms with E-state index in [-0.39, 0.29) is 23.8 Å². The monoisotopic (exact) mass is 388 g/mol. The maximum Gasteiger partial charge on any atom is 0.243 e. The summed E-state index contributed by atoms with van der Waals surface area (Å²) < 4.78 is 40.8. The van der Waals surface area contributed by atoms with Crippen LogP contribution in [0.25, 0.3) is 0 Å². The molecule has 1 atom stereocenters. The molecule has 0 amide bonds. The molecule has 0 aliphatic rings. The van der Waals surface area contributed by atoms with Gasteiger partial charge in [-0.1, -0.05) is 29.8 Å². The van der Waals surface area contributed by atoms with E-state index in [1.807, 2.05) is 13.8 Å². The van der Waals surface area contributed by atoms with E-state index in [1.165, 1.54) is 12.1 Å². The van der Waals surface area contributed by atoms with Crippen LogP contribution in [0.4, 0.5) is 4.39 Å². The van der Waals surface area contributed by atoms with Gasteiger partial charge in [-0.15, -0.1) is 12.4 Å². The molecule has 0 fully saturated rings. The lowest BCUT2D eigenvalue weighted by Gasteiger charge is -2.19. The van der Waals surface area contributed by atoms with Gasteiger partial charge in [0.2, 0.25) is 10.0 Å². The zero-order valence-electron chi connectivity index (χ0n) is 11.3. The van der Waals surface area contributed by atoms with Crippen molar-refractivity contribution < 1.29 is 12.8 Å². The Morgan fingerprint density at radius 3 is 2.50 bits per heavy atom. The van der Waals surface area contributed by atoms with E-state index in [0.29, 0.717) is 16.8 Å². The summed E-state index contributed by atoms with van der Waals surface area (Å²) in [7, 11) is -3.91. The number of hydrogen-bond donors (Lipinski definition) is 2. The summed E-state index contributed by atoms with van der Waals surface area (Å²) >= 11 is 3.13. The Labute approximate surface area is 133 Å². The van der Waals surface area contributed by atoms with Crippen LogP contribution in [0.3, 0.4) is 0 Å². The number of nitrogens with one attached hydrogen (secondary N) is 1. The molecule has 0 saturated carbocycles. The Morgan fingerprint density at radius 1 is 1.40 bits per heavy atom. The highest BCUT2D eigenvalue weighted by molar-refractivity contribution is 9.10. The highest BCUT2D eigenvalue weighted by Crippen LogP contribution is 2.20. The first-order valence-electron chi connectivity index (χ1n) is 5.93. The van der Waals surface area contributed by atoms with Crippen LogP contribution in [0.1, 0.15) is 20.3 Å². The lowest BCUT2D eigenvalue weighted by atomic mass is 10.1. The van der Waals surface area contributed by atoms with Crippen molar-refractivity contribution in [3.05, 3.63) is 28.5 Å². The number of halogens is 3. The van der Waals surface area contributed by atoms with Crippen molar-refractivity contribution in [2.75, 3.05) is 6.54 Å². The highest BCUT2D eigenvalue weighted by atomic mass is 79.9. The van der Waals surface area contributed by atoms with Gasteiger partial charge in [0.15, 0.2) is 0 Å². The van der Waals surface area contributed by atoms with Gasteiger partial charge in [-0.25, -0.2) is 17.5 Å². The Kier molecular flexibility index (Phi) is 8.20. The molecule has 4 nitrogen and oxygen atoms in total. The van der Waals surface area contributed by atoms with Gasteiger partial charge in [0.1, 0.15) is 10.7 Å². The minimum Gasteiger partial charge on any atom is -0.329 e. The molecule has 0 bridgehead atoms. The zero-order valence-corrected chi connectivity index (χ0v) is 14.5. The van der Waals surface area contributed by atoms with Gasteiger partial charge in [-0.3, -0.25) is 0 Å². The van der Waals surface area contributed by atoms with Crippen molar-refractivity contribution in [1.29, 1.82) is 0 Å². The molecular formula is C12H19BrClFN2O2S. The fourth-order valence-electron chi connectivity index (χ4n) is 1.73. The summed E-state index contributed by atoms with van der Waals surface area (Å²) in [5.74, 6) is -0.486. The molecule has 0 saturated heterocycles. The molecule has 1 unspecified atom stereocenters. The quantitative estimate of drug-likeness (QED) is 0.785. The van der Waals surface area contributed by atoms with Crippen molar-refractivity contribution in [3.8, 4) is 0 Å². The van der Waals surface area contributed by atoms with Gasteiger partial charge in [0.05, 0.1) is 0 Å². The Bertz CT molecular complexity index is 540. The molecule has 1 aromatic rings. The summed E-state index contributed by atoms with van der Waals surface area (Å²) in [4.78, 5) is -0.371. The summed E-state index contributed by atoms with van der Waals surface area (Å²) in [6.07, 6.45) is 0.603. The van der Waals surface area contributed by atoms with Crippen LogP contribution in [0.2, 0.25) is 0 Å². The smallest absolute Gasteiger partial charge is 0.243 e. The molecule has 0 aromatic heterocycles. The third-order valence-electron chi connectivity index (χ3n) is 2.55. The Morgan fingerprint density at radius 2 is 2.00 bits per heavy atom. The van der Waals surface area contributed by atoms with Gasteiger partial charge < -0.3 is 5.73 Å². The van der Waals surface area contributed by atoms with Crippen molar-refractivity contribution >= 4 is 38.4 Å². The maximum absolute atomic E-state index is 13.6. The molecular weight excluding hydrogens is 371 g/mol. The first-order chi connectivity index (χ1) is 8.76. The molecule has 0 aliphatic carbocycles. The molecule has 1 rings (SSSR count). The number of nitrogens with two attached hydrogens (primary N) is 1. The average Bonchev–Trinajstić information content (AvgIpc) is 2.30. The molecule has 116 valence electrons. The fraction of sp³-hybridized carbons (Fsp3) is 0.500. The van der Waals surface area contributed by atoms with E-state index in [0.717, 1.165) is 6.07 Å². The molecule has 1 aromatic carbocycles. The molecule has 3 N–H and O–H groups in total. The van der Waals surface area contributed by atoms with E-state index in [4.69, 9.17) is 5.73 Å². The summed E-state index contributed by atoms with van der Waals surface area (Å²) in [5, 5.41) is 0. The summed E-state index contributed by atoms with van der Waals surface area (Å²) in [5.41, 5.74) is 5.54. The van der Waals surface area contributed by atoms with Crippen LogP contribution < -0.4 is 10.5 Å². The second kappa shape index (κ2) is 8.29. The molecule has 20 heavy (non-hydrogen) atoms. The predicted molar refractivity (Wildman–Crippen MR) is 84.0 cm³/mol. The van der Waals surface area contributed by atoms with Crippen molar-refractivity contribution in [3.63, 3.8) is 0 Å². The van der Waals surface area contributed by atoms with Gasteiger partial charge in [-0.05, 0) is 30.5 Å². The SMILES string of the molecule is CC(C)CC(CN)NS(=O)(=O)c1cc(Br)ccc1F.Cl. The second-order valence-corrected chi connectivity index (χ2v) is 7.36. The van der Waals surface area contributed by atoms with E-state index in [1.54, 1.807) is 0 Å². The lowest BCUT2D eigenvalue weighted by molar-refractivity contribution is 0.463. The van der Waals surface area contributed by atoms with Crippen LogP contribution in [-0.4, -0.2) is 21.0 Å². The largest absolute Gasteiger partial charge is 0.329 e. The Hall–Kier alpha value is -0.210. The standard InChI is InChI=1S/C12H18BrFN2O2S.ClH/c1-8(2)5-10(7-15)16-19(17,18)12-6-9(13)3-4-11(12)14;/h3-4,6,8,10,16H,5,7,15H2,1-2H3;1H. The first-order valence-corrected chi connectivity index (χ1v) is 8.21. The third kappa shape index (κ3) is 5.65. The first kappa shape index (κ1) is 19.8. The van der Waals surface area contributed by atoms with Gasteiger partial charge >= 0.3 is 0 Å². The minimum absolute atomic E-state index is 0. The zero-order chi connectivity index (χ0) is 14.6. The molecule has 0 aliphatic heterocycles. The van der Waals surface area contributed by atoms with Crippen LogP contribution in [-0.2, 0) is 10.0 Å². The molecule has 0 radical (unpaired) electrons. The number of benzene rings is 1. The average molecular weight is 390 g/mol. The van der Waals surface area contributed by atoms with Crippen LogP contribution in [0.5, 0.6) is 0 Å². The van der Waals surface area contributed by atoms with Crippen LogP contribution in [0, 0.1) is 11.7 Å². The van der Waals surface area contributed by atoms with Crippen molar-refractivity contribution in [1.82, 2.24) is 4.72 Å². The summed E-state index contributed by atoms with van der Waals surface area (Å²) in [6, 6.07) is 3.39. The minimum atomic E-state index is -3.91. The second-order valence-electron chi connectivity index (χ2n) is 4.76. The highest BCUT2D eigenvalue weighted by Gasteiger charge is 2.23. The van der Waals surface area contributed by atoms with E-state index < -0.39 is 21.9 Å². The Balaban J connectivity index is 0.00000361. The normalized spacial score (nSPS) is 13.1. The maximum atomic E-state index is 13.6. The van der Waals surface area contributed by atoms with E-state index in [2.05, 4.69) is 20.7 Å². The summed E-state index contributed by atoms with van der Waals surface area (Å²) in [6.45, 7) is 4.11. The van der Waals surface area contributed by atoms with Crippen LogP contribution in [0.15, 0.2) is 27.6 Å². The topological polar surface area (TPSA) is 72.2 Å².